The van der Waals surface area contributed by atoms with E-state index in [1.807, 2.05) is 16.8 Å². The maximum absolute atomic E-state index is 10.7. The van der Waals surface area contributed by atoms with Gasteiger partial charge in [-0.25, -0.2) is 0 Å². The van der Waals surface area contributed by atoms with Gasteiger partial charge in [0, 0.05) is 5.56 Å². The van der Waals surface area contributed by atoms with Gasteiger partial charge in [-0.15, -0.1) is 22.7 Å². The molecular formula is C10H6O2S2. The molecule has 4 heteroatoms. The smallest absolute Gasteiger partial charge is 0.160 e. The Bertz CT molecular complexity index is 468. The van der Waals surface area contributed by atoms with Crippen LogP contribution in [0.2, 0.25) is 0 Å². The summed E-state index contributed by atoms with van der Waals surface area (Å²) in [7, 11) is 0. The first-order valence-corrected chi connectivity index (χ1v) is 5.68. The van der Waals surface area contributed by atoms with Crippen molar-refractivity contribution < 1.29 is 9.59 Å². The highest BCUT2D eigenvalue weighted by Gasteiger charge is 2.07. The largest absolute Gasteiger partial charge is 0.297 e. The molecule has 0 atom stereocenters. The van der Waals surface area contributed by atoms with E-state index in [1.165, 1.54) is 22.7 Å². The number of carbonyl (C=O) groups is 2. The van der Waals surface area contributed by atoms with Gasteiger partial charge in [0.15, 0.2) is 12.6 Å². The molecule has 0 aliphatic heterocycles. The van der Waals surface area contributed by atoms with Crippen molar-refractivity contribution in [3.8, 4) is 11.1 Å². The van der Waals surface area contributed by atoms with Crippen LogP contribution >= 0.6 is 22.7 Å². The Hall–Kier alpha value is -1.26. The van der Waals surface area contributed by atoms with Gasteiger partial charge in [0.2, 0.25) is 0 Å². The summed E-state index contributed by atoms with van der Waals surface area (Å²) in [5.74, 6) is 0. The normalized spacial score (nSPS) is 10.0. The van der Waals surface area contributed by atoms with Crippen LogP contribution in [-0.2, 0) is 0 Å². The highest BCUT2D eigenvalue weighted by molar-refractivity contribution is 7.13. The van der Waals surface area contributed by atoms with E-state index in [9.17, 15) is 9.59 Å². The van der Waals surface area contributed by atoms with E-state index in [4.69, 9.17) is 0 Å². The van der Waals surface area contributed by atoms with Crippen molar-refractivity contribution in [3.63, 3.8) is 0 Å². The summed E-state index contributed by atoms with van der Waals surface area (Å²) in [6, 6.07) is 3.69. The Kier molecular flexibility index (Phi) is 2.56. The Morgan fingerprint density at radius 1 is 1.14 bits per heavy atom. The van der Waals surface area contributed by atoms with E-state index in [0.717, 1.165) is 23.7 Å². The molecule has 0 N–H and O–H groups in total. The van der Waals surface area contributed by atoms with Gasteiger partial charge < -0.3 is 0 Å². The van der Waals surface area contributed by atoms with Crippen molar-refractivity contribution in [1.29, 1.82) is 0 Å². The van der Waals surface area contributed by atoms with Crippen molar-refractivity contribution in [2.45, 2.75) is 0 Å². The zero-order valence-electron chi connectivity index (χ0n) is 7.10. The molecule has 70 valence electrons. The summed E-state index contributed by atoms with van der Waals surface area (Å²) in [4.78, 5) is 22.6. The van der Waals surface area contributed by atoms with Crippen LogP contribution in [-0.4, -0.2) is 12.6 Å². The Morgan fingerprint density at radius 2 is 2.00 bits per heavy atom. The predicted molar refractivity (Wildman–Crippen MR) is 58.4 cm³/mol. The van der Waals surface area contributed by atoms with Gasteiger partial charge in [-0.3, -0.25) is 9.59 Å². The average molecular weight is 222 g/mol. The maximum atomic E-state index is 10.7. The van der Waals surface area contributed by atoms with Gasteiger partial charge in [-0.05, 0) is 28.5 Å². The third-order valence-electron chi connectivity index (χ3n) is 1.85. The highest BCUT2D eigenvalue weighted by Crippen LogP contribution is 2.30. The molecule has 0 aliphatic rings. The molecule has 2 aromatic rings. The van der Waals surface area contributed by atoms with Crippen LogP contribution in [0.4, 0.5) is 0 Å². The number of rotatable bonds is 3. The molecule has 2 aromatic heterocycles. The van der Waals surface area contributed by atoms with E-state index < -0.39 is 0 Å². The number of aldehydes is 2. The second-order valence-electron chi connectivity index (χ2n) is 2.67. The molecule has 0 saturated heterocycles. The third-order valence-corrected chi connectivity index (χ3v) is 3.55. The molecule has 0 radical (unpaired) electrons. The lowest BCUT2D eigenvalue weighted by molar-refractivity contribution is 0.111. The molecule has 0 unspecified atom stereocenters. The number of hydrogen-bond donors (Lipinski definition) is 0. The number of carbonyl (C=O) groups excluding carboxylic acids is 2. The van der Waals surface area contributed by atoms with Gasteiger partial charge in [0.25, 0.3) is 0 Å². The highest BCUT2D eigenvalue weighted by atomic mass is 32.1. The van der Waals surface area contributed by atoms with Gasteiger partial charge in [-0.1, -0.05) is 0 Å². The molecule has 0 bridgehead atoms. The molecule has 14 heavy (non-hydrogen) atoms. The summed E-state index contributed by atoms with van der Waals surface area (Å²) in [5, 5.41) is 3.76. The Morgan fingerprint density at radius 3 is 2.64 bits per heavy atom. The van der Waals surface area contributed by atoms with Crippen molar-refractivity contribution in [1.82, 2.24) is 0 Å². The summed E-state index contributed by atoms with van der Waals surface area (Å²) >= 11 is 2.80. The predicted octanol–water partition coefficient (Wildman–Crippen LogP) is 3.10. The van der Waals surface area contributed by atoms with Crippen LogP contribution in [0.15, 0.2) is 22.9 Å². The van der Waals surface area contributed by atoms with Crippen LogP contribution in [0, 0.1) is 0 Å². The van der Waals surface area contributed by atoms with Crippen LogP contribution in [0.1, 0.15) is 19.3 Å². The average Bonchev–Trinajstić information content (AvgIpc) is 2.85. The summed E-state index contributed by atoms with van der Waals surface area (Å²) in [5.41, 5.74) is 1.86. The molecule has 2 nitrogen and oxygen atoms in total. The molecule has 0 aromatic carbocycles. The van der Waals surface area contributed by atoms with E-state index in [2.05, 4.69) is 0 Å². The van der Waals surface area contributed by atoms with Gasteiger partial charge in [0.05, 0.1) is 9.75 Å². The van der Waals surface area contributed by atoms with Crippen LogP contribution < -0.4 is 0 Å². The summed E-state index contributed by atoms with van der Waals surface area (Å²) in [6.07, 6.45) is 1.67. The lowest BCUT2D eigenvalue weighted by atomic mass is 10.1. The second kappa shape index (κ2) is 3.86. The van der Waals surface area contributed by atoms with Crippen molar-refractivity contribution >= 4 is 35.2 Å². The quantitative estimate of drug-likeness (QED) is 0.748. The van der Waals surface area contributed by atoms with Crippen LogP contribution in [0.3, 0.4) is 0 Å². The molecule has 0 amide bonds. The van der Waals surface area contributed by atoms with Gasteiger partial charge in [0.1, 0.15) is 0 Å². The standard InChI is InChI=1S/C10H6O2S2/c11-4-8-3-7(6-14-8)9-1-2-13-10(9)5-12/h1-6H. The lowest BCUT2D eigenvalue weighted by Gasteiger charge is -1.91. The minimum absolute atomic E-state index is 0.683. The topological polar surface area (TPSA) is 34.1 Å². The zero-order valence-corrected chi connectivity index (χ0v) is 8.73. The lowest BCUT2D eigenvalue weighted by Crippen LogP contribution is -1.76. The minimum atomic E-state index is 0.683. The first-order valence-electron chi connectivity index (χ1n) is 3.92. The Balaban J connectivity index is 2.48. The minimum Gasteiger partial charge on any atom is -0.297 e. The number of thiophene rings is 2. The fourth-order valence-corrected chi connectivity index (χ4v) is 2.63. The summed E-state index contributed by atoms with van der Waals surface area (Å²) in [6.45, 7) is 0. The molecule has 2 rings (SSSR count). The van der Waals surface area contributed by atoms with Crippen LogP contribution in [0.25, 0.3) is 11.1 Å². The first kappa shape index (κ1) is 9.30. The van der Waals surface area contributed by atoms with E-state index in [0.29, 0.717) is 9.75 Å². The van der Waals surface area contributed by atoms with Crippen molar-refractivity contribution in [2.75, 3.05) is 0 Å². The van der Waals surface area contributed by atoms with Gasteiger partial charge >= 0.3 is 0 Å². The fraction of sp³-hybridized carbons (Fsp3) is 0. The monoisotopic (exact) mass is 222 g/mol. The molecular weight excluding hydrogens is 216 g/mol. The first-order chi connectivity index (χ1) is 6.85. The maximum Gasteiger partial charge on any atom is 0.160 e. The zero-order chi connectivity index (χ0) is 9.97. The van der Waals surface area contributed by atoms with Gasteiger partial charge in [-0.2, -0.15) is 0 Å². The molecule has 0 spiro atoms. The summed E-state index contributed by atoms with van der Waals surface area (Å²) < 4.78 is 0. The Labute approximate surface area is 88.8 Å². The van der Waals surface area contributed by atoms with Crippen molar-refractivity contribution in [3.05, 3.63) is 32.6 Å². The molecule has 2 heterocycles. The van der Waals surface area contributed by atoms with E-state index in [-0.39, 0.29) is 0 Å². The third kappa shape index (κ3) is 1.54. The molecule has 0 fully saturated rings. The van der Waals surface area contributed by atoms with Crippen molar-refractivity contribution in [2.24, 2.45) is 0 Å². The number of hydrogen-bond acceptors (Lipinski definition) is 4. The fourth-order valence-electron chi connectivity index (χ4n) is 1.21. The van der Waals surface area contributed by atoms with E-state index >= 15 is 0 Å². The second-order valence-corrected chi connectivity index (χ2v) is 4.56. The van der Waals surface area contributed by atoms with E-state index in [1.54, 1.807) is 6.07 Å². The molecule has 0 aliphatic carbocycles. The molecule has 0 saturated carbocycles. The SMILES string of the molecule is O=Cc1cc(-c2ccsc2C=O)cs1. The van der Waals surface area contributed by atoms with Crippen LogP contribution in [0.5, 0.6) is 0 Å².